The summed E-state index contributed by atoms with van der Waals surface area (Å²) in [5.74, 6) is 0. The highest BCUT2D eigenvalue weighted by Gasteiger charge is 1.93. The van der Waals surface area contributed by atoms with E-state index in [-0.39, 0.29) is 0 Å². The van der Waals surface area contributed by atoms with Crippen LogP contribution in [0.5, 0.6) is 0 Å². The molecule has 0 amide bonds. The average molecular weight is 136 g/mol. The molecule has 1 N–H and O–H groups in total. The molecule has 54 valence electrons. The van der Waals surface area contributed by atoms with E-state index in [1.807, 2.05) is 12.2 Å². The molecule has 1 aliphatic carbocycles. The van der Waals surface area contributed by atoms with Gasteiger partial charge in [0.25, 0.3) is 0 Å². The molecule has 0 spiro atoms. The lowest BCUT2D eigenvalue weighted by Crippen LogP contribution is -1.83. The molecule has 1 heteroatoms. The van der Waals surface area contributed by atoms with Crippen LogP contribution in [0.3, 0.4) is 0 Å². The lowest BCUT2D eigenvalue weighted by Gasteiger charge is -1.94. The fourth-order valence-corrected chi connectivity index (χ4v) is 0.950. The molecule has 10 heavy (non-hydrogen) atoms. The van der Waals surface area contributed by atoms with E-state index in [0.717, 1.165) is 19.3 Å². The van der Waals surface area contributed by atoms with E-state index in [1.54, 1.807) is 0 Å². The van der Waals surface area contributed by atoms with Crippen molar-refractivity contribution in [2.75, 3.05) is 6.61 Å². The molecule has 0 heterocycles. The van der Waals surface area contributed by atoms with E-state index in [9.17, 15) is 0 Å². The van der Waals surface area contributed by atoms with Gasteiger partial charge >= 0.3 is 0 Å². The van der Waals surface area contributed by atoms with Crippen LogP contribution in [0.2, 0.25) is 0 Å². The van der Waals surface area contributed by atoms with Crippen LogP contribution in [0, 0.1) is 0 Å². The Bertz CT molecular complexity index is 183. The number of hydrogen-bond donors (Lipinski definition) is 1. The summed E-state index contributed by atoms with van der Waals surface area (Å²) in [4.78, 5) is 0. The second kappa shape index (κ2) is 4.10. The van der Waals surface area contributed by atoms with Gasteiger partial charge in [-0.15, -0.1) is 5.73 Å². The second-order valence-electron chi connectivity index (χ2n) is 2.38. The largest absolute Gasteiger partial charge is 0.396 e. The van der Waals surface area contributed by atoms with Crippen LogP contribution in [0.15, 0.2) is 29.5 Å². The maximum Gasteiger partial charge on any atom is 0.0431 e. The van der Waals surface area contributed by atoms with Crippen LogP contribution in [-0.4, -0.2) is 11.7 Å². The van der Waals surface area contributed by atoms with Gasteiger partial charge in [0.05, 0.1) is 0 Å². The first kappa shape index (κ1) is 7.33. The predicted octanol–water partition coefficient (Wildman–Crippen LogP) is 1.80. The molecule has 0 aromatic carbocycles. The number of hydrogen-bond acceptors (Lipinski definition) is 1. The van der Waals surface area contributed by atoms with E-state index in [2.05, 4.69) is 11.8 Å². The van der Waals surface area contributed by atoms with Gasteiger partial charge in [0, 0.05) is 6.61 Å². The highest BCUT2D eigenvalue weighted by molar-refractivity contribution is 5.28. The SMILES string of the molecule is OCCCCC1=C=CC=C1. The minimum Gasteiger partial charge on any atom is -0.396 e. The molecule has 1 nitrogen and oxygen atoms in total. The number of allylic oxidation sites excluding steroid dienone is 3. The molecular formula is C9H12O. The zero-order valence-electron chi connectivity index (χ0n) is 6.01. The van der Waals surface area contributed by atoms with Gasteiger partial charge in [-0.2, -0.15) is 0 Å². The van der Waals surface area contributed by atoms with Crippen molar-refractivity contribution in [2.24, 2.45) is 0 Å². The summed E-state index contributed by atoms with van der Waals surface area (Å²) in [5, 5.41) is 8.48. The second-order valence-corrected chi connectivity index (χ2v) is 2.38. The van der Waals surface area contributed by atoms with Crippen LogP contribution in [0.1, 0.15) is 19.3 Å². The van der Waals surface area contributed by atoms with Gasteiger partial charge in [0.1, 0.15) is 0 Å². The Labute approximate surface area is 61.4 Å². The first-order valence-electron chi connectivity index (χ1n) is 3.66. The molecule has 0 radical (unpaired) electrons. The molecule has 0 aromatic rings. The minimum atomic E-state index is 0.306. The van der Waals surface area contributed by atoms with Gasteiger partial charge in [0.15, 0.2) is 0 Å². The fraction of sp³-hybridized carbons (Fsp3) is 0.444. The van der Waals surface area contributed by atoms with E-state index in [1.165, 1.54) is 5.57 Å². The third-order valence-electron chi connectivity index (χ3n) is 1.52. The Morgan fingerprint density at radius 2 is 2.30 bits per heavy atom. The van der Waals surface area contributed by atoms with Gasteiger partial charge in [-0.25, -0.2) is 0 Å². The molecule has 0 aromatic heterocycles. The fourth-order valence-electron chi connectivity index (χ4n) is 0.950. The van der Waals surface area contributed by atoms with Crippen LogP contribution >= 0.6 is 0 Å². The smallest absolute Gasteiger partial charge is 0.0431 e. The van der Waals surface area contributed by atoms with Crippen LogP contribution < -0.4 is 0 Å². The molecule has 0 fully saturated rings. The molecule has 1 rings (SSSR count). The Balaban J connectivity index is 2.15. The van der Waals surface area contributed by atoms with E-state index in [0.29, 0.717) is 6.61 Å². The summed E-state index contributed by atoms with van der Waals surface area (Å²) in [6, 6.07) is 0. The zero-order chi connectivity index (χ0) is 7.23. The summed E-state index contributed by atoms with van der Waals surface area (Å²) >= 11 is 0. The maximum atomic E-state index is 8.48. The van der Waals surface area contributed by atoms with Crippen LogP contribution in [0.25, 0.3) is 0 Å². The van der Waals surface area contributed by atoms with E-state index in [4.69, 9.17) is 5.11 Å². The lowest BCUT2D eigenvalue weighted by molar-refractivity contribution is 0.285. The quantitative estimate of drug-likeness (QED) is 0.461. The first-order chi connectivity index (χ1) is 4.93. The van der Waals surface area contributed by atoms with Gasteiger partial charge in [-0.1, -0.05) is 12.2 Å². The maximum absolute atomic E-state index is 8.48. The predicted molar refractivity (Wildman–Crippen MR) is 41.7 cm³/mol. The zero-order valence-corrected chi connectivity index (χ0v) is 6.01. The van der Waals surface area contributed by atoms with Crippen molar-refractivity contribution in [3.63, 3.8) is 0 Å². The molecule has 0 saturated carbocycles. The molecule has 0 aliphatic heterocycles. The van der Waals surface area contributed by atoms with E-state index >= 15 is 0 Å². The third kappa shape index (κ3) is 2.22. The molecule has 0 saturated heterocycles. The first-order valence-corrected chi connectivity index (χ1v) is 3.66. The van der Waals surface area contributed by atoms with Crippen molar-refractivity contribution >= 4 is 0 Å². The summed E-state index contributed by atoms with van der Waals surface area (Å²) in [6.45, 7) is 0.306. The van der Waals surface area contributed by atoms with Gasteiger partial charge in [0.2, 0.25) is 0 Å². The normalized spacial score (nSPS) is 14.3. The number of unbranched alkanes of at least 4 members (excludes halogenated alkanes) is 1. The third-order valence-corrected chi connectivity index (χ3v) is 1.52. The molecular weight excluding hydrogens is 124 g/mol. The van der Waals surface area contributed by atoms with Gasteiger partial charge in [-0.3, -0.25) is 0 Å². The Morgan fingerprint density at radius 3 is 2.90 bits per heavy atom. The molecule has 0 atom stereocenters. The Hall–Kier alpha value is -0.780. The molecule has 0 bridgehead atoms. The average Bonchev–Trinajstić information content (AvgIpc) is 2.41. The van der Waals surface area contributed by atoms with Crippen molar-refractivity contribution in [3.8, 4) is 0 Å². The minimum absolute atomic E-state index is 0.306. The highest BCUT2D eigenvalue weighted by atomic mass is 16.2. The monoisotopic (exact) mass is 136 g/mol. The van der Waals surface area contributed by atoms with Crippen molar-refractivity contribution in [2.45, 2.75) is 19.3 Å². The molecule has 0 unspecified atom stereocenters. The summed E-state index contributed by atoms with van der Waals surface area (Å²) in [7, 11) is 0. The van der Waals surface area contributed by atoms with Gasteiger partial charge < -0.3 is 5.11 Å². The van der Waals surface area contributed by atoms with Crippen molar-refractivity contribution in [1.82, 2.24) is 0 Å². The van der Waals surface area contributed by atoms with Crippen molar-refractivity contribution in [3.05, 3.63) is 29.5 Å². The molecule has 1 aliphatic rings. The van der Waals surface area contributed by atoms with Crippen molar-refractivity contribution in [1.29, 1.82) is 0 Å². The standard InChI is InChI=1S/C9H12O/c10-8-4-3-7-9-5-1-2-6-9/h1-2,5,10H,3-4,7-8H2. The van der Waals surface area contributed by atoms with E-state index < -0.39 is 0 Å². The number of aliphatic hydroxyl groups is 1. The van der Waals surface area contributed by atoms with Gasteiger partial charge in [-0.05, 0) is 30.9 Å². The summed E-state index contributed by atoms with van der Waals surface area (Å²) in [5.41, 5.74) is 4.37. The number of rotatable bonds is 4. The van der Waals surface area contributed by atoms with Crippen LogP contribution in [-0.2, 0) is 0 Å². The topological polar surface area (TPSA) is 20.2 Å². The summed E-state index contributed by atoms with van der Waals surface area (Å²) < 4.78 is 0. The number of aliphatic hydroxyl groups excluding tert-OH is 1. The van der Waals surface area contributed by atoms with Crippen LogP contribution in [0.4, 0.5) is 0 Å². The van der Waals surface area contributed by atoms with Crippen molar-refractivity contribution < 1.29 is 5.11 Å². The summed E-state index contributed by atoms with van der Waals surface area (Å²) in [6.07, 6.45) is 9.00. The highest BCUT2D eigenvalue weighted by Crippen LogP contribution is 2.10. The Kier molecular flexibility index (Phi) is 3.01. The lowest BCUT2D eigenvalue weighted by atomic mass is 10.1. The Morgan fingerprint density at radius 1 is 1.40 bits per heavy atom.